The Bertz CT molecular complexity index is 1100. The van der Waals surface area contributed by atoms with Crippen molar-refractivity contribution in [2.24, 2.45) is 7.05 Å². The minimum Gasteiger partial charge on any atom is -0.353 e. The molecular weight excluding hydrogens is 368 g/mol. The highest BCUT2D eigenvalue weighted by molar-refractivity contribution is 6.30. The number of fused-ring (bicyclic) bond motifs is 1. The van der Waals surface area contributed by atoms with Gasteiger partial charge in [-0.15, -0.1) is 0 Å². The first-order chi connectivity index (χ1) is 13.5. The number of nitrogens with zero attached hydrogens (tertiary/aromatic N) is 3. The SMILES string of the molecule is CCC(C)Nc1nc2cc(-c3ccc(-c4ccc(Cl)cc4)cn3)ccc2n1C. The van der Waals surface area contributed by atoms with Gasteiger partial charge >= 0.3 is 0 Å². The summed E-state index contributed by atoms with van der Waals surface area (Å²) in [7, 11) is 2.04. The molecule has 0 fully saturated rings. The number of imidazole rings is 1. The van der Waals surface area contributed by atoms with Crippen LogP contribution in [-0.2, 0) is 7.05 Å². The van der Waals surface area contributed by atoms with Crippen LogP contribution in [0.3, 0.4) is 0 Å². The van der Waals surface area contributed by atoms with E-state index in [0.717, 1.165) is 50.8 Å². The molecule has 1 N–H and O–H groups in total. The highest BCUT2D eigenvalue weighted by atomic mass is 35.5. The molecule has 2 aromatic carbocycles. The number of halogens is 1. The van der Waals surface area contributed by atoms with Crippen molar-refractivity contribution in [2.75, 3.05) is 5.32 Å². The second-order valence-electron chi connectivity index (χ2n) is 7.09. The van der Waals surface area contributed by atoms with Crippen LogP contribution in [0.5, 0.6) is 0 Å². The fourth-order valence-corrected chi connectivity index (χ4v) is 3.31. The smallest absolute Gasteiger partial charge is 0.203 e. The Kier molecular flexibility index (Phi) is 5.05. The topological polar surface area (TPSA) is 42.7 Å². The molecule has 0 aliphatic carbocycles. The summed E-state index contributed by atoms with van der Waals surface area (Å²) < 4.78 is 2.10. The van der Waals surface area contributed by atoms with Crippen molar-refractivity contribution in [2.45, 2.75) is 26.3 Å². The number of hydrogen-bond donors (Lipinski definition) is 1. The maximum absolute atomic E-state index is 5.97. The van der Waals surface area contributed by atoms with Crippen LogP contribution in [0.25, 0.3) is 33.4 Å². The standard InChI is InChI=1S/C23H23ClN4/c1-4-15(2)26-23-27-21-13-17(8-12-22(21)28(23)3)20-11-7-18(14-25-20)16-5-9-19(24)10-6-16/h5-15H,4H2,1-3H3,(H,26,27). The van der Waals surface area contributed by atoms with Gasteiger partial charge in [-0.05, 0) is 49.2 Å². The second kappa shape index (κ2) is 7.64. The van der Waals surface area contributed by atoms with Crippen LogP contribution in [-0.4, -0.2) is 20.6 Å². The van der Waals surface area contributed by atoms with Crippen LogP contribution in [0.4, 0.5) is 5.95 Å². The van der Waals surface area contributed by atoms with Gasteiger partial charge in [0.25, 0.3) is 0 Å². The number of pyridine rings is 1. The summed E-state index contributed by atoms with van der Waals surface area (Å²) in [6.07, 6.45) is 2.95. The molecule has 0 saturated carbocycles. The van der Waals surface area contributed by atoms with E-state index in [1.165, 1.54) is 0 Å². The molecule has 28 heavy (non-hydrogen) atoms. The van der Waals surface area contributed by atoms with Crippen molar-refractivity contribution in [3.05, 3.63) is 65.8 Å². The van der Waals surface area contributed by atoms with Crippen molar-refractivity contribution in [1.29, 1.82) is 0 Å². The summed E-state index contributed by atoms with van der Waals surface area (Å²) in [6, 6.07) is 18.6. The van der Waals surface area contributed by atoms with E-state index in [-0.39, 0.29) is 0 Å². The zero-order valence-corrected chi connectivity index (χ0v) is 17.0. The minimum absolute atomic E-state index is 0.386. The van der Waals surface area contributed by atoms with Crippen molar-refractivity contribution in [1.82, 2.24) is 14.5 Å². The monoisotopic (exact) mass is 390 g/mol. The van der Waals surface area contributed by atoms with E-state index < -0.39 is 0 Å². The van der Waals surface area contributed by atoms with Gasteiger partial charge in [0.2, 0.25) is 5.95 Å². The van der Waals surface area contributed by atoms with Crippen LogP contribution in [0.2, 0.25) is 5.02 Å². The zero-order valence-electron chi connectivity index (χ0n) is 16.3. The van der Waals surface area contributed by atoms with Crippen molar-refractivity contribution >= 4 is 28.6 Å². The van der Waals surface area contributed by atoms with E-state index in [9.17, 15) is 0 Å². The van der Waals surface area contributed by atoms with Gasteiger partial charge in [-0.3, -0.25) is 4.98 Å². The Hall–Kier alpha value is -2.85. The van der Waals surface area contributed by atoms with Gasteiger partial charge in [0, 0.05) is 35.4 Å². The Morgan fingerprint density at radius 2 is 1.71 bits per heavy atom. The average molecular weight is 391 g/mol. The number of rotatable bonds is 5. The highest BCUT2D eigenvalue weighted by Crippen LogP contribution is 2.27. The van der Waals surface area contributed by atoms with Gasteiger partial charge in [-0.1, -0.05) is 42.8 Å². The van der Waals surface area contributed by atoms with Crippen LogP contribution in [0.1, 0.15) is 20.3 Å². The summed E-state index contributed by atoms with van der Waals surface area (Å²) in [5.41, 5.74) is 6.23. The summed E-state index contributed by atoms with van der Waals surface area (Å²) in [4.78, 5) is 9.43. The molecule has 0 saturated heterocycles. The molecule has 4 nitrogen and oxygen atoms in total. The quantitative estimate of drug-likeness (QED) is 0.443. The maximum Gasteiger partial charge on any atom is 0.203 e. The van der Waals surface area contributed by atoms with Crippen LogP contribution in [0.15, 0.2) is 60.8 Å². The van der Waals surface area contributed by atoms with Crippen LogP contribution in [0, 0.1) is 0 Å². The molecule has 0 radical (unpaired) electrons. The molecule has 4 aromatic rings. The highest BCUT2D eigenvalue weighted by Gasteiger charge is 2.11. The Balaban J connectivity index is 1.64. The van der Waals surface area contributed by atoms with Gasteiger partial charge in [0.1, 0.15) is 0 Å². The molecule has 0 amide bonds. The molecule has 5 heteroatoms. The van der Waals surface area contributed by atoms with Gasteiger partial charge in [0.15, 0.2) is 0 Å². The predicted octanol–water partition coefficient (Wildman–Crippen LogP) is 6.17. The second-order valence-corrected chi connectivity index (χ2v) is 7.53. The Morgan fingerprint density at radius 1 is 1.00 bits per heavy atom. The number of hydrogen-bond acceptors (Lipinski definition) is 3. The largest absolute Gasteiger partial charge is 0.353 e. The van der Waals surface area contributed by atoms with E-state index in [2.05, 4.69) is 53.0 Å². The first-order valence-electron chi connectivity index (χ1n) is 9.50. The van der Waals surface area contributed by atoms with E-state index in [0.29, 0.717) is 6.04 Å². The zero-order chi connectivity index (χ0) is 19.7. The fourth-order valence-electron chi connectivity index (χ4n) is 3.19. The van der Waals surface area contributed by atoms with Gasteiger partial charge in [-0.25, -0.2) is 4.98 Å². The molecule has 4 rings (SSSR count). The lowest BCUT2D eigenvalue weighted by Gasteiger charge is -2.11. The van der Waals surface area contributed by atoms with Crippen molar-refractivity contribution in [3.8, 4) is 22.4 Å². The van der Waals surface area contributed by atoms with Crippen LogP contribution >= 0.6 is 11.6 Å². The third-order valence-electron chi connectivity index (χ3n) is 5.11. The minimum atomic E-state index is 0.386. The summed E-state index contributed by atoms with van der Waals surface area (Å²) in [5, 5.41) is 4.20. The lowest BCUT2D eigenvalue weighted by atomic mass is 10.1. The van der Waals surface area contributed by atoms with E-state index in [1.54, 1.807) is 0 Å². The normalized spacial score (nSPS) is 12.3. The molecule has 1 unspecified atom stereocenters. The lowest BCUT2D eigenvalue weighted by Crippen LogP contribution is -2.16. The Labute approximate surface area is 170 Å². The Morgan fingerprint density at radius 3 is 2.39 bits per heavy atom. The number of anilines is 1. The summed E-state index contributed by atoms with van der Waals surface area (Å²) in [6.45, 7) is 4.33. The number of aryl methyl sites for hydroxylation is 1. The van der Waals surface area contributed by atoms with E-state index in [1.807, 2.05) is 43.6 Å². The maximum atomic E-state index is 5.97. The predicted molar refractivity (Wildman–Crippen MR) is 118 cm³/mol. The van der Waals surface area contributed by atoms with Gasteiger partial charge in [0.05, 0.1) is 16.7 Å². The molecule has 0 aliphatic rings. The number of aromatic nitrogens is 3. The van der Waals surface area contributed by atoms with E-state index >= 15 is 0 Å². The van der Waals surface area contributed by atoms with Gasteiger partial charge < -0.3 is 9.88 Å². The number of benzene rings is 2. The molecule has 2 aromatic heterocycles. The molecule has 1 atom stereocenters. The molecule has 0 bridgehead atoms. The molecule has 2 heterocycles. The summed E-state index contributed by atoms with van der Waals surface area (Å²) >= 11 is 5.97. The lowest BCUT2D eigenvalue weighted by molar-refractivity contribution is 0.743. The first-order valence-corrected chi connectivity index (χ1v) is 9.88. The van der Waals surface area contributed by atoms with Gasteiger partial charge in [-0.2, -0.15) is 0 Å². The molecule has 0 spiro atoms. The van der Waals surface area contributed by atoms with E-state index in [4.69, 9.17) is 16.6 Å². The molecule has 0 aliphatic heterocycles. The fraction of sp³-hybridized carbons (Fsp3) is 0.217. The molecule has 142 valence electrons. The van der Waals surface area contributed by atoms with Crippen molar-refractivity contribution < 1.29 is 0 Å². The summed E-state index contributed by atoms with van der Waals surface area (Å²) in [5.74, 6) is 0.896. The van der Waals surface area contributed by atoms with Crippen molar-refractivity contribution in [3.63, 3.8) is 0 Å². The molecular formula is C23H23ClN4. The number of nitrogens with one attached hydrogen (secondary N) is 1. The first kappa shape index (κ1) is 18.5. The third kappa shape index (κ3) is 3.60. The average Bonchev–Trinajstić information content (AvgIpc) is 3.03. The van der Waals surface area contributed by atoms with Crippen LogP contribution < -0.4 is 5.32 Å². The third-order valence-corrected chi connectivity index (χ3v) is 5.36.